The van der Waals surface area contributed by atoms with Crippen molar-refractivity contribution in [1.82, 2.24) is 4.90 Å². The van der Waals surface area contributed by atoms with Crippen LogP contribution in [0.15, 0.2) is 64.5 Å². The van der Waals surface area contributed by atoms with Crippen molar-refractivity contribution >= 4 is 11.7 Å². The number of furan rings is 1. The highest BCUT2D eigenvalue weighted by Gasteiger charge is 2.47. The molecule has 2 heterocycles. The maximum absolute atomic E-state index is 12.9. The number of ketones is 1. The maximum Gasteiger partial charge on any atom is 0.290 e. The zero-order chi connectivity index (χ0) is 17.4. The molecule has 1 aliphatic heterocycles. The zero-order valence-corrected chi connectivity index (χ0v) is 13.7. The lowest BCUT2D eigenvalue weighted by atomic mass is 9.94. The number of carbonyl (C=O) groups excluding carboxylic acids is 2. The number of Topliss-reactive ketones (excluding diaryl/α,β-unsaturated/α-hetero) is 1. The minimum absolute atomic E-state index is 0.0433. The Labute approximate surface area is 145 Å². The quantitative estimate of drug-likeness (QED) is 0.862. The average Bonchev–Trinajstić information content (AvgIpc) is 3.37. The number of carbonyl (C=O) groups is 2. The number of hydrogen-bond donors (Lipinski definition) is 1. The van der Waals surface area contributed by atoms with Gasteiger partial charge in [0.2, 0.25) is 5.78 Å². The van der Waals surface area contributed by atoms with E-state index in [1.54, 1.807) is 17.0 Å². The molecule has 1 atom stereocenters. The van der Waals surface area contributed by atoms with Crippen LogP contribution in [0.3, 0.4) is 0 Å². The zero-order valence-electron chi connectivity index (χ0n) is 13.7. The normalized spacial score (nSPS) is 21.4. The summed E-state index contributed by atoms with van der Waals surface area (Å²) in [6.45, 7) is 0. The molecule has 0 bridgehead atoms. The van der Waals surface area contributed by atoms with E-state index in [1.807, 2.05) is 30.3 Å². The Bertz CT molecular complexity index is 817. The number of rotatable bonds is 4. The third-order valence-corrected chi connectivity index (χ3v) is 5.07. The molecule has 1 N–H and O–H groups in total. The van der Waals surface area contributed by atoms with Crippen LogP contribution in [0.5, 0.6) is 0 Å². The molecule has 128 valence electrons. The minimum Gasteiger partial charge on any atom is -0.503 e. The van der Waals surface area contributed by atoms with E-state index < -0.39 is 23.5 Å². The monoisotopic (exact) mass is 337 g/mol. The van der Waals surface area contributed by atoms with Crippen LogP contribution in [0, 0.1) is 0 Å². The Kier molecular flexibility index (Phi) is 3.92. The molecule has 1 unspecified atom stereocenters. The molecule has 0 radical (unpaired) electrons. The lowest BCUT2D eigenvalue weighted by Crippen LogP contribution is -2.38. The van der Waals surface area contributed by atoms with Crippen LogP contribution < -0.4 is 0 Å². The SMILES string of the molecule is O=C(C1=C(O)C(=O)N(C2CCCC2)C1c1ccccc1)c1ccco1. The van der Waals surface area contributed by atoms with Gasteiger partial charge in [-0.25, -0.2) is 0 Å². The molecule has 4 rings (SSSR count). The average molecular weight is 337 g/mol. The smallest absolute Gasteiger partial charge is 0.290 e. The van der Waals surface area contributed by atoms with Crippen molar-refractivity contribution < 1.29 is 19.1 Å². The highest BCUT2D eigenvalue weighted by atomic mass is 16.3. The Morgan fingerprint density at radius 3 is 2.44 bits per heavy atom. The Hall–Kier alpha value is -2.82. The second-order valence-corrected chi connectivity index (χ2v) is 6.53. The fourth-order valence-electron chi connectivity index (χ4n) is 3.92. The number of nitrogens with zero attached hydrogens (tertiary/aromatic N) is 1. The first-order valence-corrected chi connectivity index (χ1v) is 8.57. The minimum atomic E-state index is -0.575. The largest absolute Gasteiger partial charge is 0.503 e. The van der Waals surface area contributed by atoms with Gasteiger partial charge in [-0.05, 0) is 30.5 Å². The molecule has 5 nitrogen and oxygen atoms in total. The van der Waals surface area contributed by atoms with E-state index in [2.05, 4.69) is 0 Å². The van der Waals surface area contributed by atoms with Crippen molar-refractivity contribution in [3.63, 3.8) is 0 Å². The number of benzene rings is 1. The van der Waals surface area contributed by atoms with E-state index in [4.69, 9.17) is 4.42 Å². The predicted molar refractivity (Wildman–Crippen MR) is 91.0 cm³/mol. The highest BCUT2D eigenvalue weighted by molar-refractivity contribution is 6.15. The first kappa shape index (κ1) is 15.7. The molecule has 25 heavy (non-hydrogen) atoms. The molecule has 2 aromatic rings. The Morgan fingerprint density at radius 1 is 1.08 bits per heavy atom. The second kappa shape index (κ2) is 6.24. The molecule has 1 aliphatic carbocycles. The highest BCUT2D eigenvalue weighted by Crippen LogP contribution is 2.43. The molecule has 1 saturated carbocycles. The Morgan fingerprint density at radius 2 is 1.80 bits per heavy atom. The van der Waals surface area contributed by atoms with E-state index >= 15 is 0 Å². The summed E-state index contributed by atoms with van der Waals surface area (Å²) in [6.07, 6.45) is 5.30. The van der Waals surface area contributed by atoms with Gasteiger partial charge < -0.3 is 14.4 Å². The van der Waals surface area contributed by atoms with Gasteiger partial charge in [-0.1, -0.05) is 43.2 Å². The maximum atomic E-state index is 12.9. The summed E-state index contributed by atoms with van der Waals surface area (Å²) in [5.74, 6) is -1.23. The van der Waals surface area contributed by atoms with E-state index in [1.165, 1.54) is 6.26 Å². The summed E-state index contributed by atoms with van der Waals surface area (Å²) >= 11 is 0. The van der Waals surface area contributed by atoms with Gasteiger partial charge in [-0.15, -0.1) is 0 Å². The fourth-order valence-corrected chi connectivity index (χ4v) is 3.92. The molecular weight excluding hydrogens is 318 g/mol. The second-order valence-electron chi connectivity index (χ2n) is 6.53. The molecule has 1 aromatic carbocycles. The van der Waals surface area contributed by atoms with Gasteiger partial charge in [-0.2, -0.15) is 0 Å². The first-order valence-electron chi connectivity index (χ1n) is 8.57. The molecule has 1 amide bonds. The van der Waals surface area contributed by atoms with Gasteiger partial charge in [-0.3, -0.25) is 9.59 Å². The van der Waals surface area contributed by atoms with Gasteiger partial charge in [0.1, 0.15) is 0 Å². The van der Waals surface area contributed by atoms with Gasteiger partial charge in [0.05, 0.1) is 17.9 Å². The first-order chi connectivity index (χ1) is 12.2. The van der Waals surface area contributed by atoms with Gasteiger partial charge in [0, 0.05) is 6.04 Å². The molecule has 0 saturated heterocycles. The van der Waals surface area contributed by atoms with Crippen LogP contribution in [0.1, 0.15) is 47.8 Å². The molecule has 0 spiro atoms. The number of aliphatic hydroxyl groups excluding tert-OH is 1. The summed E-state index contributed by atoms with van der Waals surface area (Å²) in [4.78, 5) is 27.4. The summed E-state index contributed by atoms with van der Waals surface area (Å²) in [5, 5.41) is 10.5. The van der Waals surface area contributed by atoms with Crippen LogP contribution in [0.25, 0.3) is 0 Å². The standard InChI is InChI=1S/C20H19NO4/c22-18(15-11-6-12-25-15)16-17(13-7-2-1-3-8-13)21(20(24)19(16)23)14-9-4-5-10-14/h1-3,6-8,11-12,14,17,23H,4-5,9-10H2. The van der Waals surface area contributed by atoms with Crippen LogP contribution in [0.4, 0.5) is 0 Å². The summed E-state index contributed by atoms with van der Waals surface area (Å²) in [6, 6.07) is 12.0. The van der Waals surface area contributed by atoms with Crippen molar-refractivity contribution in [2.75, 3.05) is 0 Å². The summed E-state index contributed by atoms with van der Waals surface area (Å²) < 4.78 is 5.21. The van der Waals surface area contributed by atoms with Crippen molar-refractivity contribution in [2.45, 2.75) is 37.8 Å². The van der Waals surface area contributed by atoms with Crippen LogP contribution >= 0.6 is 0 Å². The number of hydrogen-bond acceptors (Lipinski definition) is 4. The lowest BCUT2D eigenvalue weighted by molar-refractivity contribution is -0.131. The van der Waals surface area contributed by atoms with E-state index in [9.17, 15) is 14.7 Å². The third kappa shape index (κ3) is 2.56. The van der Waals surface area contributed by atoms with Crippen molar-refractivity contribution in [3.05, 3.63) is 71.4 Å². The number of aliphatic hydroxyl groups is 1. The van der Waals surface area contributed by atoms with E-state index in [0.717, 1.165) is 31.2 Å². The molecule has 1 fully saturated rings. The Balaban J connectivity index is 1.82. The third-order valence-electron chi connectivity index (χ3n) is 5.07. The van der Waals surface area contributed by atoms with Gasteiger partial charge >= 0.3 is 0 Å². The van der Waals surface area contributed by atoms with Crippen LogP contribution in [-0.2, 0) is 4.79 Å². The number of amides is 1. The predicted octanol–water partition coefficient (Wildman–Crippen LogP) is 3.80. The lowest BCUT2D eigenvalue weighted by Gasteiger charge is -2.32. The van der Waals surface area contributed by atoms with E-state index in [-0.39, 0.29) is 17.4 Å². The van der Waals surface area contributed by atoms with Crippen LogP contribution in [0.2, 0.25) is 0 Å². The summed E-state index contributed by atoms with van der Waals surface area (Å²) in [5.41, 5.74) is 0.930. The fraction of sp³-hybridized carbons (Fsp3) is 0.300. The van der Waals surface area contributed by atoms with E-state index in [0.29, 0.717) is 0 Å². The molecule has 1 aromatic heterocycles. The topological polar surface area (TPSA) is 70.8 Å². The summed E-state index contributed by atoms with van der Waals surface area (Å²) in [7, 11) is 0. The van der Waals surface area contributed by atoms with Crippen molar-refractivity contribution in [1.29, 1.82) is 0 Å². The molecular formula is C20H19NO4. The van der Waals surface area contributed by atoms with Gasteiger partial charge in [0.15, 0.2) is 11.5 Å². The van der Waals surface area contributed by atoms with Gasteiger partial charge in [0.25, 0.3) is 5.91 Å². The van der Waals surface area contributed by atoms with Crippen LogP contribution in [-0.4, -0.2) is 27.7 Å². The van der Waals surface area contributed by atoms with Crippen molar-refractivity contribution in [2.24, 2.45) is 0 Å². The molecule has 5 heteroatoms. The van der Waals surface area contributed by atoms with Crippen molar-refractivity contribution in [3.8, 4) is 0 Å². The molecule has 2 aliphatic rings.